The number of benzene rings is 1. The number of hydrogen-bond acceptors (Lipinski definition) is 6. The number of thiophene rings is 1. The predicted molar refractivity (Wildman–Crippen MR) is 126 cm³/mol. The molecular formula is C24H27N3O5S. The van der Waals surface area contributed by atoms with Crippen LogP contribution in [0.15, 0.2) is 39.2 Å². The lowest BCUT2D eigenvalue weighted by Gasteiger charge is -2.29. The molecule has 2 aromatic heterocycles. The van der Waals surface area contributed by atoms with Crippen molar-refractivity contribution in [3.63, 3.8) is 0 Å². The minimum atomic E-state index is -0.362. The first kappa shape index (κ1) is 21.8. The second kappa shape index (κ2) is 9.05. The van der Waals surface area contributed by atoms with Crippen molar-refractivity contribution in [2.75, 3.05) is 13.2 Å². The molecule has 2 aliphatic rings. The van der Waals surface area contributed by atoms with Gasteiger partial charge in [0.15, 0.2) is 11.5 Å². The Morgan fingerprint density at radius 1 is 1.15 bits per heavy atom. The Kier molecular flexibility index (Phi) is 5.97. The highest BCUT2D eigenvalue weighted by atomic mass is 32.1. The van der Waals surface area contributed by atoms with Gasteiger partial charge in [-0.1, -0.05) is 6.07 Å². The molecule has 3 heterocycles. The number of aromatic amines is 1. The highest BCUT2D eigenvalue weighted by molar-refractivity contribution is 7.17. The lowest BCUT2D eigenvalue weighted by molar-refractivity contribution is -0.126. The van der Waals surface area contributed by atoms with Gasteiger partial charge in [-0.3, -0.25) is 14.2 Å². The van der Waals surface area contributed by atoms with E-state index in [1.165, 1.54) is 15.9 Å². The minimum absolute atomic E-state index is 0.0471. The number of hydrogen-bond donors (Lipinski definition) is 2. The molecule has 1 amide bonds. The maximum absolute atomic E-state index is 12.9. The Labute approximate surface area is 194 Å². The van der Waals surface area contributed by atoms with Gasteiger partial charge in [-0.15, -0.1) is 11.3 Å². The van der Waals surface area contributed by atoms with E-state index in [1.807, 2.05) is 30.5 Å². The van der Waals surface area contributed by atoms with Crippen LogP contribution in [0.1, 0.15) is 44.2 Å². The zero-order chi connectivity index (χ0) is 22.9. The Hall–Kier alpha value is -3.07. The number of amides is 1. The fourth-order valence-electron chi connectivity index (χ4n) is 4.75. The average Bonchev–Trinajstić information content (AvgIpc) is 3.30. The third-order valence-corrected chi connectivity index (χ3v) is 7.58. The molecule has 1 saturated carbocycles. The van der Waals surface area contributed by atoms with E-state index < -0.39 is 0 Å². The molecular weight excluding hydrogens is 442 g/mol. The van der Waals surface area contributed by atoms with Gasteiger partial charge in [0, 0.05) is 12.5 Å². The summed E-state index contributed by atoms with van der Waals surface area (Å²) in [5.74, 6) is 1.64. The van der Waals surface area contributed by atoms with Gasteiger partial charge in [0.05, 0.1) is 11.6 Å². The SMILES string of the molecule is C[C@@H](NC(=O)C1CCC(Cn2c(=O)[nH]c3ccsc3c2=O)CC1)c1ccc2c(c1)OCCO2. The second-order valence-electron chi connectivity index (χ2n) is 8.86. The first-order valence-electron chi connectivity index (χ1n) is 11.4. The fraction of sp³-hybridized carbons (Fsp3) is 0.458. The van der Waals surface area contributed by atoms with E-state index in [0.717, 1.165) is 37.0 Å². The van der Waals surface area contributed by atoms with E-state index >= 15 is 0 Å². The van der Waals surface area contributed by atoms with E-state index in [-0.39, 0.29) is 35.0 Å². The number of ether oxygens (including phenoxy) is 2. The number of nitrogens with zero attached hydrogens (tertiary/aromatic N) is 1. The van der Waals surface area contributed by atoms with Crippen molar-refractivity contribution in [3.05, 3.63) is 56.0 Å². The lowest BCUT2D eigenvalue weighted by Crippen LogP contribution is -2.39. The van der Waals surface area contributed by atoms with Crippen LogP contribution < -0.4 is 26.0 Å². The Morgan fingerprint density at radius 3 is 2.70 bits per heavy atom. The summed E-state index contributed by atoms with van der Waals surface area (Å²) in [6.07, 6.45) is 3.12. The first-order valence-corrected chi connectivity index (χ1v) is 12.3. The van der Waals surface area contributed by atoms with Gasteiger partial charge < -0.3 is 19.8 Å². The highest BCUT2D eigenvalue weighted by Gasteiger charge is 2.28. The Balaban J connectivity index is 1.18. The number of fused-ring (bicyclic) bond motifs is 2. The normalized spacial score (nSPS) is 21.0. The van der Waals surface area contributed by atoms with Gasteiger partial charge in [-0.2, -0.15) is 0 Å². The number of carbonyl (C=O) groups is 1. The van der Waals surface area contributed by atoms with E-state index in [1.54, 1.807) is 6.07 Å². The molecule has 8 nitrogen and oxygen atoms in total. The fourth-order valence-corrected chi connectivity index (χ4v) is 5.54. The van der Waals surface area contributed by atoms with Crippen molar-refractivity contribution >= 4 is 27.5 Å². The van der Waals surface area contributed by atoms with Crippen molar-refractivity contribution in [2.45, 2.75) is 45.2 Å². The molecule has 1 fully saturated rings. The quantitative estimate of drug-likeness (QED) is 0.597. The number of rotatable bonds is 5. The van der Waals surface area contributed by atoms with Gasteiger partial charge >= 0.3 is 5.69 Å². The summed E-state index contributed by atoms with van der Waals surface area (Å²) in [6, 6.07) is 7.38. The lowest BCUT2D eigenvalue weighted by atomic mass is 9.81. The van der Waals surface area contributed by atoms with Crippen molar-refractivity contribution in [1.82, 2.24) is 14.9 Å². The van der Waals surface area contributed by atoms with Crippen LogP contribution in [0, 0.1) is 11.8 Å². The molecule has 0 radical (unpaired) electrons. The zero-order valence-corrected chi connectivity index (χ0v) is 19.3. The van der Waals surface area contributed by atoms with Crippen LogP contribution in [0.2, 0.25) is 0 Å². The molecule has 0 spiro atoms. The molecule has 1 atom stereocenters. The van der Waals surface area contributed by atoms with Crippen molar-refractivity contribution in [2.24, 2.45) is 11.8 Å². The molecule has 1 aliphatic heterocycles. The third-order valence-electron chi connectivity index (χ3n) is 6.67. The Morgan fingerprint density at radius 2 is 1.91 bits per heavy atom. The molecule has 0 unspecified atom stereocenters. The van der Waals surface area contributed by atoms with Gasteiger partial charge in [0.25, 0.3) is 5.56 Å². The maximum atomic E-state index is 12.9. The van der Waals surface area contributed by atoms with Gasteiger partial charge in [0.1, 0.15) is 17.9 Å². The molecule has 2 N–H and O–H groups in total. The second-order valence-corrected chi connectivity index (χ2v) is 9.78. The molecule has 9 heteroatoms. The molecule has 3 aromatic rings. The van der Waals surface area contributed by atoms with Crippen LogP contribution in [0.25, 0.3) is 10.2 Å². The van der Waals surface area contributed by atoms with Crippen LogP contribution in [0.3, 0.4) is 0 Å². The molecule has 1 aromatic carbocycles. The summed E-state index contributed by atoms with van der Waals surface area (Å²) >= 11 is 1.34. The molecule has 0 saturated heterocycles. The molecule has 174 valence electrons. The Bertz CT molecular complexity index is 1290. The monoisotopic (exact) mass is 469 g/mol. The van der Waals surface area contributed by atoms with Crippen LogP contribution in [0.5, 0.6) is 11.5 Å². The molecule has 1 aliphatic carbocycles. The molecule has 0 bridgehead atoms. The maximum Gasteiger partial charge on any atom is 0.328 e. The first-order chi connectivity index (χ1) is 16.0. The number of aromatic nitrogens is 2. The topological polar surface area (TPSA) is 102 Å². The van der Waals surface area contributed by atoms with E-state index in [9.17, 15) is 14.4 Å². The van der Waals surface area contributed by atoms with Crippen molar-refractivity contribution in [3.8, 4) is 11.5 Å². The number of carbonyl (C=O) groups excluding carboxylic acids is 1. The summed E-state index contributed by atoms with van der Waals surface area (Å²) in [4.78, 5) is 40.7. The summed E-state index contributed by atoms with van der Waals surface area (Å²) in [5, 5.41) is 4.94. The number of nitrogens with one attached hydrogen (secondary N) is 2. The van der Waals surface area contributed by atoms with Crippen LogP contribution in [0.4, 0.5) is 0 Å². The summed E-state index contributed by atoms with van der Waals surface area (Å²) in [5.41, 5.74) is 0.985. The van der Waals surface area contributed by atoms with Crippen molar-refractivity contribution < 1.29 is 14.3 Å². The highest BCUT2D eigenvalue weighted by Crippen LogP contribution is 2.33. The zero-order valence-electron chi connectivity index (χ0n) is 18.5. The number of H-pyrrole nitrogens is 1. The largest absolute Gasteiger partial charge is 0.486 e. The summed E-state index contributed by atoms with van der Waals surface area (Å²) in [7, 11) is 0. The third kappa shape index (κ3) is 4.42. The molecule has 5 rings (SSSR count). The van der Waals surface area contributed by atoms with E-state index in [2.05, 4.69) is 10.3 Å². The minimum Gasteiger partial charge on any atom is -0.486 e. The van der Waals surface area contributed by atoms with Crippen molar-refractivity contribution in [1.29, 1.82) is 0 Å². The summed E-state index contributed by atoms with van der Waals surface area (Å²) in [6.45, 7) is 3.44. The smallest absolute Gasteiger partial charge is 0.328 e. The predicted octanol–water partition coefficient (Wildman–Crippen LogP) is 3.21. The standard InChI is InChI=1S/C24H27N3O5S/c1-14(17-6-7-19-20(12-17)32-10-9-31-19)25-22(28)16-4-2-15(3-5-16)13-27-23(29)21-18(8-11-33-21)26-24(27)30/h6-8,11-12,14-16H,2-5,9-10,13H2,1H3,(H,25,28)(H,26,30)/t14-,15?,16?/m1/s1. The molecule has 33 heavy (non-hydrogen) atoms. The van der Waals surface area contributed by atoms with E-state index in [0.29, 0.717) is 35.7 Å². The van der Waals surface area contributed by atoms with Gasteiger partial charge in [-0.05, 0) is 67.7 Å². The summed E-state index contributed by atoms with van der Waals surface area (Å²) < 4.78 is 13.1. The van der Waals surface area contributed by atoms with Gasteiger partial charge in [0.2, 0.25) is 5.91 Å². The van der Waals surface area contributed by atoms with Crippen LogP contribution >= 0.6 is 11.3 Å². The van der Waals surface area contributed by atoms with Crippen LogP contribution in [-0.4, -0.2) is 28.7 Å². The average molecular weight is 470 g/mol. The van der Waals surface area contributed by atoms with Gasteiger partial charge in [-0.25, -0.2) is 4.79 Å². The van der Waals surface area contributed by atoms with Crippen LogP contribution in [-0.2, 0) is 11.3 Å². The van der Waals surface area contributed by atoms with E-state index in [4.69, 9.17) is 9.47 Å².